The molecule has 3 N–H and O–H groups in total. The molecule has 19 heavy (non-hydrogen) atoms. The lowest BCUT2D eigenvalue weighted by molar-refractivity contribution is -0.143. The molecule has 2 aliphatic rings. The van der Waals surface area contributed by atoms with Gasteiger partial charge in [-0.15, -0.1) is 0 Å². The van der Waals surface area contributed by atoms with E-state index in [1.807, 2.05) is 0 Å². The van der Waals surface area contributed by atoms with Crippen LogP contribution in [0.3, 0.4) is 0 Å². The Balaban J connectivity index is 1.73. The fourth-order valence-corrected chi connectivity index (χ4v) is 3.18. The van der Waals surface area contributed by atoms with Crippen LogP contribution in [0.25, 0.3) is 0 Å². The molecule has 2 rings (SSSR count). The van der Waals surface area contributed by atoms with E-state index in [0.717, 1.165) is 45.2 Å². The van der Waals surface area contributed by atoms with Crippen molar-refractivity contribution in [1.29, 1.82) is 0 Å². The van der Waals surface area contributed by atoms with Crippen LogP contribution in [0.2, 0.25) is 0 Å². The Bertz CT molecular complexity index is 327. The van der Waals surface area contributed by atoms with Crippen LogP contribution in [0, 0.1) is 11.8 Å². The van der Waals surface area contributed by atoms with Crippen LogP contribution < -0.4 is 10.6 Å². The maximum Gasteiger partial charge on any atom is 0.306 e. The Kier molecular flexibility index (Phi) is 5.19. The third kappa shape index (κ3) is 4.49. The lowest BCUT2D eigenvalue weighted by atomic mass is 9.85. The first-order chi connectivity index (χ1) is 9.15. The van der Waals surface area contributed by atoms with Gasteiger partial charge in [-0.05, 0) is 51.1 Å². The molecule has 0 spiro atoms. The molecule has 0 aromatic heterocycles. The van der Waals surface area contributed by atoms with Crippen LogP contribution in [-0.4, -0.2) is 36.1 Å². The number of carbonyl (C=O) groups excluding carboxylic acids is 1. The second-order valence-electron chi connectivity index (χ2n) is 5.86. The summed E-state index contributed by atoms with van der Waals surface area (Å²) in [5, 5.41) is 15.4. The molecular formula is C14H24N2O3. The maximum atomic E-state index is 12.0. The number of carbonyl (C=O) groups is 2. The molecular weight excluding hydrogens is 244 g/mol. The summed E-state index contributed by atoms with van der Waals surface area (Å²) in [6.07, 6.45) is 5.88. The van der Waals surface area contributed by atoms with Crippen molar-refractivity contribution in [3.63, 3.8) is 0 Å². The Morgan fingerprint density at radius 2 is 1.89 bits per heavy atom. The van der Waals surface area contributed by atoms with Crippen molar-refractivity contribution < 1.29 is 14.7 Å². The fraction of sp³-hybridized carbons (Fsp3) is 0.857. The van der Waals surface area contributed by atoms with Gasteiger partial charge in [0.2, 0.25) is 5.91 Å². The van der Waals surface area contributed by atoms with E-state index in [4.69, 9.17) is 5.11 Å². The molecule has 0 aromatic rings. The van der Waals surface area contributed by atoms with E-state index in [2.05, 4.69) is 10.6 Å². The minimum atomic E-state index is -0.725. The highest BCUT2D eigenvalue weighted by atomic mass is 16.4. The molecule has 0 radical (unpaired) electrons. The van der Waals surface area contributed by atoms with Crippen LogP contribution >= 0.6 is 0 Å². The third-order valence-electron chi connectivity index (χ3n) is 4.32. The number of nitrogens with one attached hydrogen (secondary N) is 2. The van der Waals surface area contributed by atoms with Crippen LogP contribution in [0.1, 0.15) is 44.9 Å². The first-order valence-electron chi connectivity index (χ1n) is 7.38. The van der Waals surface area contributed by atoms with Gasteiger partial charge in [-0.3, -0.25) is 9.59 Å². The first-order valence-corrected chi connectivity index (χ1v) is 7.38. The molecule has 5 heteroatoms. The summed E-state index contributed by atoms with van der Waals surface area (Å²) in [7, 11) is 0. The molecule has 1 aliphatic carbocycles. The predicted molar refractivity (Wildman–Crippen MR) is 71.7 cm³/mol. The molecule has 0 bridgehead atoms. The maximum absolute atomic E-state index is 12.0. The van der Waals surface area contributed by atoms with Crippen LogP contribution in [0.5, 0.6) is 0 Å². The summed E-state index contributed by atoms with van der Waals surface area (Å²) < 4.78 is 0. The van der Waals surface area contributed by atoms with Gasteiger partial charge in [0.25, 0.3) is 0 Å². The van der Waals surface area contributed by atoms with E-state index in [1.54, 1.807) is 0 Å². The Morgan fingerprint density at radius 3 is 2.58 bits per heavy atom. The lowest BCUT2D eigenvalue weighted by Gasteiger charge is -2.28. The number of aliphatic carboxylic acids is 1. The zero-order chi connectivity index (χ0) is 13.7. The van der Waals surface area contributed by atoms with Crippen LogP contribution in [0.4, 0.5) is 0 Å². The van der Waals surface area contributed by atoms with Gasteiger partial charge in [-0.2, -0.15) is 0 Å². The number of rotatable bonds is 4. The summed E-state index contributed by atoms with van der Waals surface area (Å²) in [4.78, 5) is 23.0. The smallest absolute Gasteiger partial charge is 0.306 e. The van der Waals surface area contributed by atoms with Crippen LogP contribution in [0.15, 0.2) is 0 Å². The summed E-state index contributed by atoms with van der Waals surface area (Å²) in [5.41, 5.74) is 0. The van der Waals surface area contributed by atoms with Gasteiger partial charge in [0.1, 0.15) is 0 Å². The van der Waals surface area contributed by atoms with Crippen molar-refractivity contribution in [2.75, 3.05) is 13.1 Å². The highest BCUT2D eigenvalue weighted by Crippen LogP contribution is 2.25. The number of hydrogen-bond acceptors (Lipinski definition) is 3. The van der Waals surface area contributed by atoms with Gasteiger partial charge in [0.05, 0.1) is 5.92 Å². The van der Waals surface area contributed by atoms with Gasteiger partial charge < -0.3 is 15.7 Å². The van der Waals surface area contributed by atoms with Crippen molar-refractivity contribution in [3.8, 4) is 0 Å². The minimum Gasteiger partial charge on any atom is -0.481 e. The standard InChI is InChI=1S/C14H24N2O3/c17-13(8-10-4-6-15-7-5-10)16-12-3-1-2-11(9-12)14(18)19/h10-12,15H,1-9H2,(H,16,17)(H,18,19). The van der Waals surface area contributed by atoms with E-state index < -0.39 is 5.97 Å². The van der Waals surface area contributed by atoms with Crippen LogP contribution in [-0.2, 0) is 9.59 Å². The molecule has 2 fully saturated rings. The number of amides is 1. The van der Waals surface area contributed by atoms with Gasteiger partial charge in [0.15, 0.2) is 0 Å². The molecule has 108 valence electrons. The summed E-state index contributed by atoms with van der Waals surface area (Å²) in [6, 6.07) is 0.0593. The zero-order valence-electron chi connectivity index (χ0n) is 11.4. The molecule has 1 saturated heterocycles. The third-order valence-corrected chi connectivity index (χ3v) is 4.32. The van der Waals surface area contributed by atoms with Crippen molar-refractivity contribution in [2.45, 2.75) is 51.0 Å². The number of hydrogen-bond donors (Lipinski definition) is 3. The average Bonchev–Trinajstić information content (AvgIpc) is 2.40. The Hall–Kier alpha value is -1.10. The molecule has 1 aliphatic heterocycles. The molecule has 2 atom stereocenters. The van der Waals surface area contributed by atoms with E-state index in [-0.39, 0.29) is 17.9 Å². The summed E-state index contributed by atoms with van der Waals surface area (Å²) in [6.45, 7) is 2.00. The van der Waals surface area contributed by atoms with Crippen molar-refractivity contribution >= 4 is 11.9 Å². The minimum absolute atomic E-state index is 0.0593. The largest absolute Gasteiger partial charge is 0.481 e. The first kappa shape index (κ1) is 14.3. The van der Waals surface area contributed by atoms with Gasteiger partial charge in [-0.1, -0.05) is 6.42 Å². The number of piperidine rings is 1. The SMILES string of the molecule is O=C(CC1CCNCC1)NC1CCCC(C(=O)O)C1. The van der Waals surface area contributed by atoms with Gasteiger partial charge in [0, 0.05) is 12.5 Å². The van der Waals surface area contributed by atoms with Crippen molar-refractivity contribution in [3.05, 3.63) is 0 Å². The lowest BCUT2D eigenvalue weighted by Crippen LogP contribution is -2.41. The second kappa shape index (κ2) is 6.89. The van der Waals surface area contributed by atoms with Gasteiger partial charge >= 0.3 is 5.97 Å². The second-order valence-corrected chi connectivity index (χ2v) is 5.86. The van der Waals surface area contributed by atoms with E-state index in [9.17, 15) is 9.59 Å². The summed E-state index contributed by atoms with van der Waals surface area (Å²) in [5.74, 6) is -0.418. The van der Waals surface area contributed by atoms with E-state index in [0.29, 0.717) is 18.8 Å². The fourth-order valence-electron chi connectivity index (χ4n) is 3.18. The quantitative estimate of drug-likeness (QED) is 0.714. The topological polar surface area (TPSA) is 78.4 Å². The number of carboxylic acids is 1. The molecule has 1 amide bonds. The van der Waals surface area contributed by atoms with E-state index in [1.165, 1.54) is 0 Å². The monoisotopic (exact) mass is 268 g/mol. The van der Waals surface area contributed by atoms with E-state index >= 15 is 0 Å². The Labute approximate surface area is 114 Å². The van der Waals surface area contributed by atoms with Gasteiger partial charge in [-0.25, -0.2) is 0 Å². The van der Waals surface area contributed by atoms with Crippen molar-refractivity contribution in [2.24, 2.45) is 11.8 Å². The zero-order valence-corrected chi connectivity index (χ0v) is 11.4. The molecule has 5 nitrogen and oxygen atoms in total. The molecule has 1 heterocycles. The Morgan fingerprint density at radius 1 is 1.16 bits per heavy atom. The average molecular weight is 268 g/mol. The number of carboxylic acid groups (broad SMARTS) is 1. The molecule has 1 saturated carbocycles. The summed E-state index contributed by atoms with van der Waals surface area (Å²) >= 11 is 0. The normalized spacial score (nSPS) is 28.8. The highest BCUT2D eigenvalue weighted by molar-refractivity contribution is 5.76. The molecule has 2 unspecified atom stereocenters. The van der Waals surface area contributed by atoms with Crippen molar-refractivity contribution in [1.82, 2.24) is 10.6 Å². The predicted octanol–water partition coefficient (Wildman–Crippen LogP) is 1.14. The molecule has 0 aromatic carbocycles. The highest BCUT2D eigenvalue weighted by Gasteiger charge is 2.28.